The van der Waals surface area contributed by atoms with Crippen LogP contribution in [0.15, 0.2) is 18.2 Å². The molecule has 0 aliphatic carbocycles. The Kier molecular flexibility index (Phi) is 7.94. The molecule has 156 valence electrons. The molecule has 12 nitrogen and oxygen atoms in total. The SMILES string of the molecule is CC(=O)N[C@H](C(=O)O)[C@@H](C)OP(=O)(O)N[C@@H](Cc1ccc(O)c(O)c1)C(=O)O. The van der Waals surface area contributed by atoms with Crippen LogP contribution in [0, 0.1) is 0 Å². The minimum Gasteiger partial charge on any atom is -0.504 e. The van der Waals surface area contributed by atoms with Crippen LogP contribution in [0.2, 0.25) is 0 Å². The van der Waals surface area contributed by atoms with Crippen LogP contribution >= 0.6 is 7.75 Å². The zero-order valence-electron chi connectivity index (χ0n) is 14.9. The number of carbonyl (C=O) groups excluding carboxylic acids is 1. The van der Waals surface area contributed by atoms with Gasteiger partial charge in [-0.1, -0.05) is 6.07 Å². The lowest BCUT2D eigenvalue weighted by molar-refractivity contribution is -0.144. The Morgan fingerprint density at radius 3 is 2.21 bits per heavy atom. The van der Waals surface area contributed by atoms with Gasteiger partial charge in [0.25, 0.3) is 0 Å². The molecule has 4 atom stereocenters. The number of benzene rings is 1. The molecule has 1 rings (SSSR count). The number of phenols is 2. The van der Waals surface area contributed by atoms with Crippen molar-refractivity contribution in [2.75, 3.05) is 0 Å². The average molecular weight is 420 g/mol. The molecule has 0 aliphatic rings. The van der Waals surface area contributed by atoms with Crippen molar-refractivity contribution in [3.8, 4) is 11.5 Å². The molecule has 28 heavy (non-hydrogen) atoms. The van der Waals surface area contributed by atoms with Gasteiger partial charge in [-0.15, -0.1) is 0 Å². The van der Waals surface area contributed by atoms with E-state index in [9.17, 15) is 39.2 Å². The lowest BCUT2D eigenvalue weighted by atomic mass is 10.1. The molecular formula is C15H21N2O10P. The maximum atomic E-state index is 12.2. The molecule has 1 amide bonds. The molecule has 0 bridgehead atoms. The molecule has 7 N–H and O–H groups in total. The number of carboxylic acids is 2. The van der Waals surface area contributed by atoms with Crippen molar-refractivity contribution in [3.63, 3.8) is 0 Å². The minimum atomic E-state index is -4.81. The van der Waals surface area contributed by atoms with Gasteiger partial charge in [0, 0.05) is 6.92 Å². The van der Waals surface area contributed by atoms with Crippen molar-refractivity contribution in [2.45, 2.75) is 38.5 Å². The Labute approximate surface area is 159 Å². The Bertz CT molecular complexity index is 799. The predicted molar refractivity (Wildman–Crippen MR) is 93.6 cm³/mol. The van der Waals surface area contributed by atoms with E-state index in [1.807, 2.05) is 10.4 Å². The highest BCUT2D eigenvalue weighted by Crippen LogP contribution is 2.40. The van der Waals surface area contributed by atoms with Crippen LogP contribution in [0.5, 0.6) is 11.5 Å². The summed E-state index contributed by atoms with van der Waals surface area (Å²) in [5.74, 6) is -4.67. The topological polar surface area (TPSA) is 203 Å². The fourth-order valence-corrected chi connectivity index (χ4v) is 3.46. The summed E-state index contributed by atoms with van der Waals surface area (Å²) in [5.41, 5.74) is 0.227. The van der Waals surface area contributed by atoms with Crippen LogP contribution in [0.1, 0.15) is 19.4 Å². The standard InChI is InChI=1S/C15H21N2O10P/c1-7(13(15(23)24)16-8(2)18)27-28(25,26)17-10(14(21)22)5-9-3-4-11(19)12(20)6-9/h3-4,6-7,10,13,19-20H,5H2,1-2H3,(H,16,18)(H,21,22)(H,23,24)(H2,17,25,26)/t7-,10+,13+/m1/s1. The molecule has 0 saturated carbocycles. The largest absolute Gasteiger partial charge is 0.504 e. The smallest absolute Gasteiger partial charge is 0.404 e. The molecule has 0 aliphatic heterocycles. The monoisotopic (exact) mass is 420 g/mol. The molecule has 1 aromatic rings. The Hall–Kier alpha value is -2.66. The van der Waals surface area contributed by atoms with Gasteiger partial charge in [0.1, 0.15) is 6.04 Å². The lowest BCUT2D eigenvalue weighted by Crippen LogP contribution is -2.48. The summed E-state index contributed by atoms with van der Waals surface area (Å²) in [6.45, 7) is 2.17. The van der Waals surface area contributed by atoms with Gasteiger partial charge in [0.05, 0.1) is 6.10 Å². The summed E-state index contributed by atoms with van der Waals surface area (Å²) in [6, 6.07) is 0.213. The van der Waals surface area contributed by atoms with Crippen molar-refractivity contribution in [1.82, 2.24) is 10.4 Å². The molecule has 0 fully saturated rings. The molecule has 0 radical (unpaired) electrons. The van der Waals surface area contributed by atoms with Crippen molar-refractivity contribution >= 4 is 25.6 Å². The van der Waals surface area contributed by atoms with Gasteiger partial charge in [-0.25, -0.2) is 14.4 Å². The number of amides is 1. The van der Waals surface area contributed by atoms with E-state index in [2.05, 4.69) is 0 Å². The minimum absolute atomic E-state index is 0.227. The second-order valence-corrected chi connectivity index (χ2v) is 7.40. The molecule has 0 saturated heterocycles. The summed E-state index contributed by atoms with van der Waals surface area (Å²) in [6.07, 6.45) is -1.84. The van der Waals surface area contributed by atoms with E-state index in [0.717, 1.165) is 26.0 Å². The van der Waals surface area contributed by atoms with E-state index in [4.69, 9.17) is 9.63 Å². The summed E-state index contributed by atoms with van der Waals surface area (Å²) in [7, 11) is -4.81. The van der Waals surface area contributed by atoms with E-state index >= 15 is 0 Å². The van der Waals surface area contributed by atoms with Gasteiger partial charge in [-0.3, -0.25) is 14.1 Å². The van der Waals surface area contributed by atoms with Crippen LogP contribution in [0.4, 0.5) is 0 Å². The third-order valence-corrected chi connectivity index (χ3v) is 4.76. The van der Waals surface area contributed by atoms with Crippen molar-refractivity contribution < 1.29 is 48.8 Å². The Morgan fingerprint density at radius 2 is 1.75 bits per heavy atom. The lowest BCUT2D eigenvalue weighted by Gasteiger charge is -2.25. The first-order valence-electron chi connectivity index (χ1n) is 7.85. The normalized spacial score (nSPS) is 16.4. The number of carbonyl (C=O) groups is 3. The van der Waals surface area contributed by atoms with Gasteiger partial charge >= 0.3 is 19.7 Å². The fourth-order valence-electron chi connectivity index (χ4n) is 2.23. The van der Waals surface area contributed by atoms with Crippen LogP contribution in [-0.4, -0.2) is 61.4 Å². The summed E-state index contributed by atoms with van der Waals surface area (Å²) >= 11 is 0. The maximum absolute atomic E-state index is 12.2. The Morgan fingerprint density at radius 1 is 1.14 bits per heavy atom. The van der Waals surface area contributed by atoms with Gasteiger partial charge in [-0.05, 0) is 31.0 Å². The van der Waals surface area contributed by atoms with Crippen molar-refractivity contribution in [2.24, 2.45) is 0 Å². The zero-order valence-corrected chi connectivity index (χ0v) is 15.8. The van der Waals surface area contributed by atoms with E-state index in [1.54, 1.807) is 0 Å². The second kappa shape index (κ2) is 9.51. The molecule has 0 aromatic heterocycles. The number of hydrogen-bond acceptors (Lipinski definition) is 7. The van der Waals surface area contributed by atoms with Crippen molar-refractivity contribution in [3.05, 3.63) is 23.8 Å². The maximum Gasteiger partial charge on any atom is 0.404 e. The number of phenolic OH excluding ortho intramolecular Hbond substituents is 2. The number of aromatic hydroxyl groups is 2. The van der Waals surface area contributed by atoms with Gasteiger partial charge in [-0.2, -0.15) is 0 Å². The van der Waals surface area contributed by atoms with E-state index in [-0.39, 0.29) is 12.0 Å². The first kappa shape index (κ1) is 23.4. The molecule has 13 heteroatoms. The number of rotatable bonds is 10. The fraction of sp³-hybridized carbons (Fsp3) is 0.400. The highest BCUT2D eigenvalue weighted by atomic mass is 31.2. The highest BCUT2D eigenvalue weighted by Gasteiger charge is 2.35. The van der Waals surface area contributed by atoms with Crippen LogP contribution < -0.4 is 10.4 Å². The third-order valence-electron chi connectivity index (χ3n) is 3.50. The quantitative estimate of drug-likeness (QED) is 0.195. The molecule has 1 aromatic carbocycles. The second-order valence-electron chi connectivity index (χ2n) is 5.89. The van der Waals surface area contributed by atoms with E-state index in [0.29, 0.717) is 0 Å². The van der Waals surface area contributed by atoms with Crippen LogP contribution in [0.3, 0.4) is 0 Å². The van der Waals surface area contributed by atoms with Crippen molar-refractivity contribution in [1.29, 1.82) is 0 Å². The third kappa shape index (κ3) is 7.16. The first-order valence-corrected chi connectivity index (χ1v) is 9.42. The average Bonchev–Trinajstić information content (AvgIpc) is 2.54. The summed E-state index contributed by atoms with van der Waals surface area (Å²) < 4.78 is 17.0. The van der Waals surface area contributed by atoms with Gasteiger partial charge in [0.15, 0.2) is 17.5 Å². The first-order chi connectivity index (χ1) is 12.8. The highest BCUT2D eigenvalue weighted by molar-refractivity contribution is 7.50. The predicted octanol–water partition coefficient (Wildman–Crippen LogP) is -0.222. The van der Waals surface area contributed by atoms with Gasteiger partial charge in [0.2, 0.25) is 5.91 Å². The van der Waals surface area contributed by atoms with Gasteiger partial charge < -0.3 is 30.6 Å². The van der Waals surface area contributed by atoms with E-state index < -0.39 is 55.3 Å². The number of hydrogen-bond donors (Lipinski definition) is 7. The summed E-state index contributed by atoms with van der Waals surface area (Å²) in [4.78, 5) is 43.5. The molecule has 0 heterocycles. The van der Waals surface area contributed by atoms with Crippen LogP contribution in [0.25, 0.3) is 0 Å². The number of aliphatic carboxylic acids is 2. The zero-order chi connectivity index (χ0) is 21.6. The Balaban J connectivity index is 2.90. The molecule has 0 spiro atoms. The molecular weight excluding hydrogens is 399 g/mol. The number of nitrogens with one attached hydrogen (secondary N) is 2. The molecule has 1 unspecified atom stereocenters. The van der Waals surface area contributed by atoms with E-state index in [1.165, 1.54) is 6.07 Å². The number of carboxylic acid groups (broad SMARTS) is 2. The van der Waals surface area contributed by atoms with Crippen LogP contribution in [-0.2, 0) is 29.9 Å². The summed E-state index contributed by atoms with van der Waals surface area (Å²) in [5, 5.41) is 41.0.